The van der Waals surface area contributed by atoms with Gasteiger partial charge in [0, 0.05) is 17.0 Å². The summed E-state index contributed by atoms with van der Waals surface area (Å²) in [5.41, 5.74) is 3.85. The maximum atomic E-state index is 12.5. The smallest absolute Gasteiger partial charge is 0.343 e. The summed E-state index contributed by atoms with van der Waals surface area (Å²) in [5, 5.41) is 17.3. The SMILES string of the molecule is CCOC(=O)c1c(NC(=O)C(=O)NN=Cc2ccc(OC(=O)c3ccc([N+](=O)[O-])cc3)cc2)sc2c1CCCC2. The first-order valence-corrected chi connectivity index (χ1v) is 13.1. The van der Waals surface area contributed by atoms with E-state index in [4.69, 9.17) is 9.47 Å². The normalized spacial score (nSPS) is 12.3. The fraction of sp³-hybridized carbons (Fsp3) is 0.222. The van der Waals surface area contributed by atoms with E-state index in [0.717, 1.165) is 29.7 Å². The summed E-state index contributed by atoms with van der Waals surface area (Å²) < 4.78 is 10.4. The van der Waals surface area contributed by atoms with E-state index < -0.39 is 28.7 Å². The number of hydrogen-bond acceptors (Lipinski definition) is 10. The quantitative estimate of drug-likeness (QED) is 0.103. The number of fused-ring (bicyclic) bond motifs is 1. The summed E-state index contributed by atoms with van der Waals surface area (Å²) in [7, 11) is 0. The molecule has 0 bridgehead atoms. The Morgan fingerprint density at radius 2 is 1.70 bits per heavy atom. The highest BCUT2D eigenvalue weighted by atomic mass is 32.1. The summed E-state index contributed by atoms with van der Waals surface area (Å²) in [6.07, 6.45) is 4.72. The molecule has 0 aliphatic heterocycles. The van der Waals surface area contributed by atoms with Gasteiger partial charge in [-0.3, -0.25) is 19.7 Å². The number of hydrazone groups is 1. The van der Waals surface area contributed by atoms with Crippen LogP contribution >= 0.6 is 11.3 Å². The number of amides is 2. The van der Waals surface area contributed by atoms with Crippen LogP contribution in [-0.2, 0) is 27.2 Å². The van der Waals surface area contributed by atoms with Crippen molar-refractivity contribution in [2.75, 3.05) is 11.9 Å². The zero-order valence-electron chi connectivity index (χ0n) is 21.3. The van der Waals surface area contributed by atoms with Crippen LogP contribution in [0.3, 0.4) is 0 Å². The second-order valence-corrected chi connectivity index (χ2v) is 9.66. The number of hydrogen-bond donors (Lipinski definition) is 2. The third-order valence-electron chi connectivity index (χ3n) is 5.87. The van der Waals surface area contributed by atoms with Gasteiger partial charge in [-0.05, 0) is 80.1 Å². The number of anilines is 1. The summed E-state index contributed by atoms with van der Waals surface area (Å²) >= 11 is 1.27. The molecule has 2 N–H and O–H groups in total. The van der Waals surface area contributed by atoms with Crippen LogP contribution in [0.2, 0.25) is 0 Å². The van der Waals surface area contributed by atoms with Gasteiger partial charge in [0.1, 0.15) is 10.8 Å². The van der Waals surface area contributed by atoms with E-state index in [9.17, 15) is 29.3 Å². The van der Waals surface area contributed by atoms with Crippen LogP contribution in [0.5, 0.6) is 5.75 Å². The number of carbonyl (C=O) groups is 4. The summed E-state index contributed by atoms with van der Waals surface area (Å²) in [5.74, 6) is -2.99. The molecule has 4 rings (SSSR count). The number of aryl methyl sites for hydroxylation is 1. The Hall–Kier alpha value is -4.91. The lowest BCUT2D eigenvalue weighted by molar-refractivity contribution is -0.384. The third kappa shape index (κ3) is 6.74. The lowest BCUT2D eigenvalue weighted by Crippen LogP contribution is -2.32. The molecule has 0 fully saturated rings. The van der Waals surface area contributed by atoms with Crippen molar-refractivity contribution in [2.24, 2.45) is 5.10 Å². The molecule has 1 heterocycles. The summed E-state index contributed by atoms with van der Waals surface area (Å²) in [6, 6.07) is 11.1. The van der Waals surface area contributed by atoms with Crippen LogP contribution in [-0.4, -0.2) is 41.5 Å². The van der Waals surface area contributed by atoms with Crippen molar-refractivity contribution in [2.45, 2.75) is 32.6 Å². The Morgan fingerprint density at radius 1 is 1.00 bits per heavy atom. The van der Waals surface area contributed by atoms with Crippen molar-refractivity contribution in [3.05, 3.63) is 85.8 Å². The molecule has 1 aliphatic rings. The zero-order chi connectivity index (χ0) is 28.6. The average molecular weight is 565 g/mol. The number of ether oxygens (including phenoxy) is 2. The third-order valence-corrected chi connectivity index (χ3v) is 7.08. The minimum Gasteiger partial charge on any atom is -0.462 e. The molecule has 0 saturated carbocycles. The number of rotatable bonds is 8. The van der Waals surface area contributed by atoms with E-state index in [1.807, 2.05) is 0 Å². The Labute approximate surface area is 232 Å². The van der Waals surface area contributed by atoms with Crippen LogP contribution in [0, 0.1) is 10.1 Å². The molecule has 0 saturated heterocycles. The van der Waals surface area contributed by atoms with E-state index >= 15 is 0 Å². The fourth-order valence-electron chi connectivity index (χ4n) is 3.96. The van der Waals surface area contributed by atoms with Crippen LogP contribution in [0.4, 0.5) is 10.7 Å². The number of carbonyl (C=O) groups excluding carboxylic acids is 4. The topological polar surface area (TPSA) is 166 Å². The molecule has 206 valence electrons. The van der Waals surface area contributed by atoms with Crippen molar-refractivity contribution < 1.29 is 33.6 Å². The van der Waals surface area contributed by atoms with Crippen molar-refractivity contribution >= 4 is 52.0 Å². The molecule has 1 aromatic heterocycles. The van der Waals surface area contributed by atoms with Crippen molar-refractivity contribution in [1.29, 1.82) is 0 Å². The van der Waals surface area contributed by atoms with Gasteiger partial charge < -0.3 is 14.8 Å². The first-order valence-electron chi connectivity index (χ1n) is 12.3. The molecule has 3 aromatic rings. The highest BCUT2D eigenvalue weighted by Gasteiger charge is 2.28. The monoisotopic (exact) mass is 564 g/mol. The van der Waals surface area contributed by atoms with Crippen molar-refractivity contribution in [3.63, 3.8) is 0 Å². The van der Waals surface area contributed by atoms with Crippen molar-refractivity contribution in [1.82, 2.24) is 5.43 Å². The zero-order valence-corrected chi connectivity index (χ0v) is 22.1. The Kier molecular flexibility index (Phi) is 8.96. The predicted molar refractivity (Wildman–Crippen MR) is 146 cm³/mol. The molecule has 0 unspecified atom stereocenters. The van der Waals surface area contributed by atoms with Crippen LogP contribution in [0.15, 0.2) is 53.6 Å². The van der Waals surface area contributed by atoms with E-state index in [1.165, 1.54) is 53.9 Å². The largest absolute Gasteiger partial charge is 0.462 e. The molecule has 0 spiro atoms. The minimum atomic E-state index is -1.02. The number of thiophene rings is 1. The van der Waals surface area contributed by atoms with Crippen LogP contribution in [0.25, 0.3) is 0 Å². The number of non-ortho nitro benzene ring substituents is 1. The Morgan fingerprint density at radius 3 is 2.38 bits per heavy atom. The molecule has 2 aromatic carbocycles. The molecule has 2 amide bonds. The molecular weight excluding hydrogens is 540 g/mol. The van der Waals surface area contributed by atoms with E-state index in [0.29, 0.717) is 17.5 Å². The minimum absolute atomic E-state index is 0.142. The summed E-state index contributed by atoms with van der Waals surface area (Å²) in [4.78, 5) is 60.7. The first-order chi connectivity index (χ1) is 19.3. The van der Waals surface area contributed by atoms with Gasteiger partial charge in [0.15, 0.2) is 0 Å². The van der Waals surface area contributed by atoms with Gasteiger partial charge in [0.2, 0.25) is 0 Å². The highest BCUT2D eigenvalue weighted by molar-refractivity contribution is 7.17. The number of esters is 2. The van der Waals surface area contributed by atoms with Crippen molar-refractivity contribution in [3.8, 4) is 5.75 Å². The molecular formula is C27H24N4O8S. The molecule has 13 heteroatoms. The predicted octanol–water partition coefficient (Wildman–Crippen LogP) is 4.02. The highest BCUT2D eigenvalue weighted by Crippen LogP contribution is 2.38. The lowest BCUT2D eigenvalue weighted by atomic mass is 9.95. The van der Waals surface area contributed by atoms with E-state index in [-0.39, 0.29) is 28.6 Å². The van der Waals surface area contributed by atoms with Gasteiger partial charge in [-0.15, -0.1) is 11.3 Å². The maximum absolute atomic E-state index is 12.5. The van der Waals surface area contributed by atoms with Gasteiger partial charge in [-0.1, -0.05) is 0 Å². The first kappa shape index (κ1) is 28.1. The van der Waals surface area contributed by atoms with Gasteiger partial charge >= 0.3 is 23.8 Å². The van der Waals surface area contributed by atoms with Gasteiger partial charge in [0.25, 0.3) is 5.69 Å². The Bertz CT molecular complexity index is 1480. The summed E-state index contributed by atoms with van der Waals surface area (Å²) in [6.45, 7) is 1.89. The number of nitrogens with zero attached hydrogens (tertiary/aromatic N) is 2. The van der Waals surface area contributed by atoms with Crippen LogP contribution < -0.4 is 15.5 Å². The molecule has 0 radical (unpaired) electrons. The fourth-order valence-corrected chi connectivity index (χ4v) is 5.23. The molecule has 1 aliphatic carbocycles. The van der Waals surface area contributed by atoms with Gasteiger partial charge in [0.05, 0.1) is 28.9 Å². The van der Waals surface area contributed by atoms with E-state index in [1.54, 1.807) is 19.1 Å². The second-order valence-electron chi connectivity index (χ2n) is 8.55. The second kappa shape index (κ2) is 12.8. The number of benzene rings is 2. The maximum Gasteiger partial charge on any atom is 0.343 e. The number of nitro groups is 1. The van der Waals surface area contributed by atoms with E-state index in [2.05, 4.69) is 15.8 Å². The lowest BCUT2D eigenvalue weighted by Gasteiger charge is -2.12. The van der Waals surface area contributed by atoms with Gasteiger partial charge in [-0.2, -0.15) is 5.10 Å². The number of nitrogens with one attached hydrogen (secondary N) is 2. The molecule has 12 nitrogen and oxygen atoms in total. The molecule has 0 atom stereocenters. The van der Waals surface area contributed by atoms with Gasteiger partial charge in [-0.25, -0.2) is 15.0 Å². The molecule has 40 heavy (non-hydrogen) atoms. The Balaban J connectivity index is 1.32. The standard InChI is InChI=1S/C27H24N4O8S/c1-2-38-27(35)22-20-5-3-4-6-21(20)40-25(22)29-23(32)24(33)30-28-15-16-7-13-19(14-8-16)39-26(34)17-9-11-18(12-10-17)31(36)37/h7-15H,2-6H2,1H3,(H,29,32)(H,30,33). The number of nitro benzene ring substituents is 1. The van der Waals surface area contributed by atoms with Crippen LogP contribution in [0.1, 0.15) is 56.5 Å². The average Bonchev–Trinajstić information content (AvgIpc) is 3.32.